The average molecular weight is 325 g/mol. The standard InChI is InChI=1S/C19H19NO4/c1-13(21)20-16-6-4-5-15(12-16)17(22)9-7-14-8-10-18(23-2)19(11-14)24-3/h4-12H,1-3H3,(H,20,21)/b9-7+. The Balaban J connectivity index is 2.17. The van der Waals surface area contributed by atoms with Crippen molar-refractivity contribution in [1.29, 1.82) is 0 Å². The van der Waals surface area contributed by atoms with E-state index in [0.29, 0.717) is 22.7 Å². The summed E-state index contributed by atoms with van der Waals surface area (Å²) in [6, 6.07) is 12.2. The SMILES string of the molecule is COc1ccc(/C=C/C(=O)c2cccc(NC(C)=O)c2)cc1OC. The molecule has 0 saturated heterocycles. The zero-order valence-corrected chi connectivity index (χ0v) is 13.8. The lowest BCUT2D eigenvalue weighted by atomic mass is 10.1. The zero-order valence-electron chi connectivity index (χ0n) is 13.8. The van der Waals surface area contributed by atoms with Crippen LogP contribution < -0.4 is 14.8 Å². The van der Waals surface area contributed by atoms with Crippen LogP contribution in [0.25, 0.3) is 6.08 Å². The molecule has 0 aliphatic carbocycles. The lowest BCUT2D eigenvalue weighted by molar-refractivity contribution is -0.114. The van der Waals surface area contributed by atoms with Gasteiger partial charge in [0.05, 0.1) is 14.2 Å². The number of carbonyl (C=O) groups is 2. The molecule has 124 valence electrons. The molecule has 1 amide bonds. The Morgan fingerprint density at radius 1 is 1.00 bits per heavy atom. The third kappa shape index (κ3) is 4.46. The van der Waals surface area contributed by atoms with Gasteiger partial charge in [0, 0.05) is 18.2 Å². The number of ketones is 1. The zero-order chi connectivity index (χ0) is 17.5. The predicted octanol–water partition coefficient (Wildman–Crippen LogP) is 3.56. The van der Waals surface area contributed by atoms with Crippen molar-refractivity contribution in [3.63, 3.8) is 0 Å². The van der Waals surface area contributed by atoms with Gasteiger partial charge in [-0.25, -0.2) is 0 Å². The average Bonchev–Trinajstić information content (AvgIpc) is 2.59. The van der Waals surface area contributed by atoms with E-state index in [4.69, 9.17) is 9.47 Å². The largest absolute Gasteiger partial charge is 0.493 e. The molecule has 5 heteroatoms. The summed E-state index contributed by atoms with van der Waals surface area (Å²) in [5.74, 6) is 0.890. The van der Waals surface area contributed by atoms with Crippen LogP contribution in [0.1, 0.15) is 22.8 Å². The fourth-order valence-electron chi connectivity index (χ4n) is 2.18. The van der Waals surface area contributed by atoms with Gasteiger partial charge >= 0.3 is 0 Å². The molecule has 0 saturated carbocycles. The number of allylic oxidation sites excluding steroid dienone is 1. The lowest BCUT2D eigenvalue weighted by Gasteiger charge is -2.07. The van der Waals surface area contributed by atoms with E-state index >= 15 is 0 Å². The molecule has 2 aromatic carbocycles. The fraction of sp³-hybridized carbons (Fsp3) is 0.158. The summed E-state index contributed by atoms with van der Waals surface area (Å²) >= 11 is 0. The van der Waals surface area contributed by atoms with Crippen LogP contribution >= 0.6 is 0 Å². The predicted molar refractivity (Wildman–Crippen MR) is 93.7 cm³/mol. The van der Waals surface area contributed by atoms with Crippen molar-refractivity contribution < 1.29 is 19.1 Å². The van der Waals surface area contributed by atoms with Gasteiger partial charge in [0.1, 0.15) is 0 Å². The third-order valence-corrected chi connectivity index (χ3v) is 3.30. The van der Waals surface area contributed by atoms with Crippen molar-refractivity contribution in [2.24, 2.45) is 0 Å². The molecule has 0 aliphatic rings. The van der Waals surface area contributed by atoms with E-state index in [1.807, 2.05) is 6.07 Å². The number of hydrogen-bond acceptors (Lipinski definition) is 4. The van der Waals surface area contributed by atoms with Crippen LogP contribution in [0.3, 0.4) is 0 Å². The molecule has 0 atom stereocenters. The van der Waals surface area contributed by atoms with Crippen LogP contribution in [0.15, 0.2) is 48.5 Å². The summed E-state index contributed by atoms with van der Waals surface area (Å²) in [7, 11) is 3.13. The Morgan fingerprint density at radius 3 is 2.42 bits per heavy atom. The molecule has 0 heterocycles. The van der Waals surface area contributed by atoms with Crippen LogP contribution in [-0.2, 0) is 4.79 Å². The molecule has 0 bridgehead atoms. The second-order valence-electron chi connectivity index (χ2n) is 5.07. The van der Waals surface area contributed by atoms with Crippen LogP contribution in [0.2, 0.25) is 0 Å². The Kier molecular flexibility index (Phi) is 5.73. The summed E-state index contributed by atoms with van der Waals surface area (Å²) in [6.07, 6.45) is 3.18. The molecule has 2 aromatic rings. The summed E-state index contributed by atoms with van der Waals surface area (Å²) in [5, 5.41) is 2.66. The Hall–Kier alpha value is -3.08. The first kappa shape index (κ1) is 17.3. The maximum atomic E-state index is 12.3. The van der Waals surface area contributed by atoms with E-state index in [9.17, 15) is 9.59 Å². The number of benzene rings is 2. The maximum Gasteiger partial charge on any atom is 0.221 e. The van der Waals surface area contributed by atoms with Gasteiger partial charge in [0.25, 0.3) is 0 Å². The van der Waals surface area contributed by atoms with E-state index in [-0.39, 0.29) is 11.7 Å². The molecule has 24 heavy (non-hydrogen) atoms. The van der Waals surface area contributed by atoms with E-state index in [0.717, 1.165) is 5.56 Å². The number of anilines is 1. The van der Waals surface area contributed by atoms with Crippen LogP contribution in [0.4, 0.5) is 5.69 Å². The minimum absolute atomic E-state index is 0.156. The monoisotopic (exact) mass is 325 g/mol. The van der Waals surface area contributed by atoms with Gasteiger partial charge < -0.3 is 14.8 Å². The molecule has 0 aromatic heterocycles. The van der Waals surface area contributed by atoms with E-state index in [2.05, 4.69) is 5.32 Å². The number of amides is 1. The Bertz CT molecular complexity index is 781. The normalized spacial score (nSPS) is 10.5. The van der Waals surface area contributed by atoms with E-state index in [1.54, 1.807) is 56.7 Å². The number of nitrogens with one attached hydrogen (secondary N) is 1. The van der Waals surface area contributed by atoms with Gasteiger partial charge in [0.15, 0.2) is 17.3 Å². The topological polar surface area (TPSA) is 64.6 Å². The molecular formula is C19H19NO4. The molecule has 0 fully saturated rings. The van der Waals surface area contributed by atoms with Crippen LogP contribution in [0, 0.1) is 0 Å². The molecule has 0 spiro atoms. The second-order valence-corrected chi connectivity index (χ2v) is 5.07. The van der Waals surface area contributed by atoms with Gasteiger partial charge in [-0.15, -0.1) is 0 Å². The van der Waals surface area contributed by atoms with Gasteiger partial charge in [-0.05, 0) is 35.9 Å². The number of ether oxygens (including phenoxy) is 2. The van der Waals surface area contributed by atoms with Gasteiger partial charge in [0.2, 0.25) is 5.91 Å². The number of carbonyl (C=O) groups excluding carboxylic acids is 2. The van der Waals surface area contributed by atoms with Gasteiger partial charge in [-0.3, -0.25) is 9.59 Å². The smallest absolute Gasteiger partial charge is 0.221 e. The van der Waals surface area contributed by atoms with Gasteiger partial charge in [-0.1, -0.05) is 24.3 Å². The number of hydrogen-bond donors (Lipinski definition) is 1. The Labute approximate surface area is 140 Å². The van der Waals surface area contributed by atoms with Crippen molar-refractivity contribution in [2.75, 3.05) is 19.5 Å². The van der Waals surface area contributed by atoms with Crippen LogP contribution in [-0.4, -0.2) is 25.9 Å². The molecular weight excluding hydrogens is 306 g/mol. The van der Waals surface area contributed by atoms with Crippen molar-refractivity contribution in [2.45, 2.75) is 6.92 Å². The quantitative estimate of drug-likeness (QED) is 0.651. The first-order chi connectivity index (χ1) is 11.5. The summed E-state index contributed by atoms with van der Waals surface area (Å²) in [4.78, 5) is 23.4. The van der Waals surface area contributed by atoms with Crippen molar-refractivity contribution in [3.05, 3.63) is 59.7 Å². The van der Waals surface area contributed by atoms with Crippen molar-refractivity contribution in [3.8, 4) is 11.5 Å². The minimum atomic E-state index is -0.180. The maximum absolute atomic E-state index is 12.3. The summed E-state index contributed by atoms with van der Waals surface area (Å²) in [5.41, 5.74) is 1.91. The summed E-state index contributed by atoms with van der Waals surface area (Å²) in [6.45, 7) is 1.42. The van der Waals surface area contributed by atoms with Crippen molar-refractivity contribution >= 4 is 23.5 Å². The van der Waals surface area contributed by atoms with E-state index < -0.39 is 0 Å². The fourth-order valence-corrected chi connectivity index (χ4v) is 2.18. The minimum Gasteiger partial charge on any atom is -0.493 e. The first-order valence-electron chi connectivity index (χ1n) is 7.35. The number of rotatable bonds is 6. The van der Waals surface area contributed by atoms with Crippen molar-refractivity contribution in [1.82, 2.24) is 0 Å². The Morgan fingerprint density at radius 2 is 1.75 bits per heavy atom. The molecule has 0 unspecified atom stereocenters. The molecule has 0 aliphatic heterocycles. The summed E-state index contributed by atoms with van der Waals surface area (Å²) < 4.78 is 10.4. The molecule has 5 nitrogen and oxygen atoms in total. The van der Waals surface area contributed by atoms with Gasteiger partial charge in [-0.2, -0.15) is 0 Å². The third-order valence-electron chi connectivity index (χ3n) is 3.30. The molecule has 2 rings (SSSR count). The highest BCUT2D eigenvalue weighted by Gasteiger charge is 2.05. The molecule has 0 radical (unpaired) electrons. The lowest BCUT2D eigenvalue weighted by Crippen LogP contribution is -2.06. The van der Waals surface area contributed by atoms with Crippen LogP contribution in [0.5, 0.6) is 11.5 Å². The highest BCUT2D eigenvalue weighted by Crippen LogP contribution is 2.28. The second kappa shape index (κ2) is 7.97. The highest BCUT2D eigenvalue weighted by atomic mass is 16.5. The number of methoxy groups -OCH3 is 2. The first-order valence-corrected chi connectivity index (χ1v) is 7.35. The molecule has 1 N–H and O–H groups in total. The van der Waals surface area contributed by atoms with E-state index in [1.165, 1.54) is 13.0 Å². The highest BCUT2D eigenvalue weighted by molar-refractivity contribution is 6.07.